The van der Waals surface area contributed by atoms with Gasteiger partial charge in [0.05, 0.1) is 0 Å². The Labute approximate surface area is 125 Å². The third-order valence-electron chi connectivity index (χ3n) is 3.09. The summed E-state index contributed by atoms with van der Waals surface area (Å²) in [4.78, 5) is 15.9. The van der Waals surface area contributed by atoms with Crippen LogP contribution in [0.5, 0.6) is 17.2 Å². The Kier molecular flexibility index (Phi) is 3.27. The predicted octanol–water partition coefficient (Wildman–Crippen LogP) is 2.15. The predicted molar refractivity (Wildman–Crippen MR) is 78.5 cm³/mol. The van der Waals surface area contributed by atoms with Crippen LogP contribution in [0.25, 0.3) is 6.08 Å². The zero-order valence-electron chi connectivity index (χ0n) is 11.2. The number of nitrogens with zero attached hydrogens (tertiary/aromatic N) is 1. The number of aromatic hydroxyl groups is 3. The first-order valence-electron chi connectivity index (χ1n) is 6.38. The van der Waals surface area contributed by atoms with Gasteiger partial charge in [-0.15, -0.1) is 0 Å². The first-order chi connectivity index (χ1) is 10.6. The fraction of sp³-hybridized carbons (Fsp3) is 0. The highest BCUT2D eigenvalue weighted by molar-refractivity contribution is 6.12. The Morgan fingerprint density at radius 3 is 2.41 bits per heavy atom. The van der Waals surface area contributed by atoms with E-state index in [1.807, 2.05) is 6.07 Å². The lowest BCUT2D eigenvalue weighted by molar-refractivity contribution is -0.129. The molecule has 1 aliphatic rings. The van der Waals surface area contributed by atoms with Crippen molar-refractivity contribution in [3.05, 3.63) is 59.3 Å². The average Bonchev–Trinajstić information content (AvgIpc) is 2.90. The summed E-state index contributed by atoms with van der Waals surface area (Å²) in [6, 6.07) is 11.4. The van der Waals surface area contributed by atoms with Crippen LogP contribution in [0.3, 0.4) is 0 Å². The van der Waals surface area contributed by atoms with Gasteiger partial charge in [-0.2, -0.15) is 0 Å². The van der Waals surface area contributed by atoms with Gasteiger partial charge >= 0.3 is 5.97 Å². The largest absolute Gasteiger partial charge is 0.504 e. The lowest BCUT2D eigenvalue weighted by atomic mass is 10.1. The molecule has 0 fully saturated rings. The van der Waals surface area contributed by atoms with E-state index in [1.54, 1.807) is 24.3 Å². The highest BCUT2D eigenvalue weighted by Crippen LogP contribution is 2.38. The summed E-state index contributed by atoms with van der Waals surface area (Å²) in [5, 5.41) is 28.5. The third-order valence-corrected chi connectivity index (χ3v) is 3.09. The molecule has 22 heavy (non-hydrogen) atoms. The van der Waals surface area contributed by atoms with Crippen molar-refractivity contribution in [3.8, 4) is 17.2 Å². The topological polar surface area (TPSA) is 99.4 Å². The Morgan fingerprint density at radius 1 is 0.955 bits per heavy atom. The summed E-state index contributed by atoms with van der Waals surface area (Å²) >= 11 is 0. The maximum Gasteiger partial charge on any atom is 0.363 e. The second kappa shape index (κ2) is 5.25. The van der Waals surface area contributed by atoms with Crippen molar-refractivity contribution < 1.29 is 24.9 Å². The first-order valence-corrected chi connectivity index (χ1v) is 6.38. The average molecular weight is 297 g/mol. The van der Waals surface area contributed by atoms with E-state index in [9.17, 15) is 20.1 Å². The lowest BCUT2D eigenvalue weighted by Crippen LogP contribution is -2.04. The smallest absolute Gasteiger partial charge is 0.363 e. The molecule has 110 valence electrons. The molecule has 0 bridgehead atoms. The number of esters is 1. The van der Waals surface area contributed by atoms with Gasteiger partial charge in [-0.25, -0.2) is 9.79 Å². The molecule has 0 unspecified atom stereocenters. The molecule has 0 saturated heterocycles. The van der Waals surface area contributed by atoms with Crippen LogP contribution in [0.15, 0.2) is 53.2 Å². The number of aliphatic imine (C=N–C) groups is 1. The standard InChI is InChI=1S/C16H11NO5/c18-12-7-6-10(13(19)14(12)20)8-11-16(21)22-15(17-11)9-4-2-1-3-5-9/h1-8,18-20H/b11-8-. The van der Waals surface area contributed by atoms with Crippen molar-refractivity contribution in [1.82, 2.24) is 0 Å². The van der Waals surface area contributed by atoms with Crippen LogP contribution in [0.1, 0.15) is 11.1 Å². The van der Waals surface area contributed by atoms with Crippen molar-refractivity contribution in [2.45, 2.75) is 0 Å². The molecule has 2 aromatic rings. The zero-order chi connectivity index (χ0) is 15.7. The minimum Gasteiger partial charge on any atom is -0.504 e. The van der Waals surface area contributed by atoms with Gasteiger partial charge in [-0.1, -0.05) is 18.2 Å². The van der Waals surface area contributed by atoms with E-state index >= 15 is 0 Å². The normalized spacial score (nSPS) is 15.7. The number of benzene rings is 2. The number of carbonyl (C=O) groups excluding carboxylic acids is 1. The van der Waals surface area contributed by atoms with E-state index in [1.165, 1.54) is 18.2 Å². The summed E-state index contributed by atoms with van der Waals surface area (Å²) in [6.45, 7) is 0. The third kappa shape index (κ3) is 2.37. The van der Waals surface area contributed by atoms with Gasteiger partial charge < -0.3 is 20.1 Å². The molecule has 0 radical (unpaired) electrons. The maximum atomic E-state index is 11.8. The Balaban J connectivity index is 2.00. The Hall–Kier alpha value is -3.28. The van der Waals surface area contributed by atoms with Crippen LogP contribution < -0.4 is 0 Å². The molecule has 0 amide bonds. The molecule has 2 aromatic carbocycles. The molecule has 6 nitrogen and oxygen atoms in total. The minimum absolute atomic E-state index is 0.0146. The second-order valence-corrected chi connectivity index (χ2v) is 4.57. The highest BCUT2D eigenvalue weighted by atomic mass is 16.6. The fourth-order valence-electron chi connectivity index (χ4n) is 1.96. The van der Waals surface area contributed by atoms with Crippen LogP contribution >= 0.6 is 0 Å². The van der Waals surface area contributed by atoms with Crippen LogP contribution in [-0.4, -0.2) is 27.2 Å². The summed E-state index contributed by atoms with van der Waals surface area (Å²) in [6.07, 6.45) is 1.27. The first kappa shape index (κ1) is 13.7. The number of rotatable bonds is 2. The van der Waals surface area contributed by atoms with Crippen molar-refractivity contribution in [1.29, 1.82) is 0 Å². The van der Waals surface area contributed by atoms with Gasteiger partial charge in [0, 0.05) is 11.1 Å². The number of ether oxygens (including phenoxy) is 1. The minimum atomic E-state index is -0.661. The highest BCUT2D eigenvalue weighted by Gasteiger charge is 2.24. The van der Waals surface area contributed by atoms with E-state index in [2.05, 4.69) is 4.99 Å². The Bertz CT molecular complexity index is 809. The molecule has 0 aliphatic carbocycles. The van der Waals surface area contributed by atoms with E-state index in [4.69, 9.17) is 4.74 Å². The maximum absolute atomic E-state index is 11.8. The number of hydrogen-bond donors (Lipinski definition) is 3. The van der Waals surface area contributed by atoms with Crippen LogP contribution in [0, 0.1) is 0 Å². The van der Waals surface area contributed by atoms with E-state index in [0.29, 0.717) is 5.56 Å². The molecular weight excluding hydrogens is 286 g/mol. The monoisotopic (exact) mass is 297 g/mol. The van der Waals surface area contributed by atoms with Crippen LogP contribution in [0.2, 0.25) is 0 Å². The van der Waals surface area contributed by atoms with Crippen molar-refractivity contribution in [2.24, 2.45) is 4.99 Å². The molecule has 1 heterocycles. The molecule has 0 atom stereocenters. The Morgan fingerprint density at radius 2 is 1.68 bits per heavy atom. The molecule has 6 heteroatoms. The number of phenolic OH excluding ortho intramolecular Hbond substituents is 3. The number of cyclic esters (lactones) is 1. The summed E-state index contributed by atoms with van der Waals surface area (Å²) in [5.41, 5.74) is 0.775. The van der Waals surface area contributed by atoms with Crippen LogP contribution in [-0.2, 0) is 9.53 Å². The molecular formula is C16H11NO5. The van der Waals surface area contributed by atoms with E-state index in [0.717, 1.165) is 0 Å². The van der Waals surface area contributed by atoms with Gasteiger partial charge in [-0.3, -0.25) is 0 Å². The van der Waals surface area contributed by atoms with Gasteiger partial charge in [0.25, 0.3) is 0 Å². The molecule has 3 rings (SSSR count). The SMILES string of the molecule is O=C1OC(c2ccccc2)=N/C1=C\c1ccc(O)c(O)c1O. The molecule has 1 aliphatic heterocycles. The van der Waals surface area contributed by atoms with Gasteiger partial charge in [-0.05, 0) is 30.3 Å². The fourth-order valence-corrected chi connectivity index (χ4v) is 1.96. The summed E-state index contributed by atoms with van der Waals surface area (Å²) in [7, 11) is 0. The van der Waals surface area contributed by atoms with E-state index in [-0.39, 0.29) is 17.2 Å². The molecule has 0 saturated carbocycles. The summed E-state index contributed by atoms with van der Waals surface area (Å²) in [5.74, 6) is -2.15. The van der Waals surface area contributed by atoms with Crippen molar-refractivity contribution in [2.75, 3.05) is 0 Å². The molecule has 3 N–H and O–H groups in total. The second-order valence-electron chi connectivity index (χ2n) is 4.57. The van der Waals surface area contributed by atoms with Crippen molar-refractivity contribution in [3.63, 3.8) is 0 Å². The number of phenols is 3. The lowest BCUT2D eigenvalue weighted by Gasteiger charge is -2.03. The van der Waals surface area contributed by atoms with Crippen molar-refractivity contribution >= 4 is 17.9 Å². The number of hydrogen-bond acceptors (Lipinski definition) is 6. The molecule has 0 spiro atoms. The van der Waals surface area contributed by atoms with E-state index < -0.39 is 23.2 Å². The molecule has 0 aromatic heterocycles. The quantitative estimate of drug-likeness (QED) is 0.448. The van der Waals surface area contributed by atoms with Gasteiger partial charge in [0.2, 0.25) is 11.6 Å². The summed E-state index contributed by atoms with van der Waals surface area (Å²) < 4.78 is 5.08. The zero-order valence-corrected chi connectivity index (χ0v) is 11.2. The van der Waals surface area contributed by atoms with Gasteiger partial charge in [0.15, 0.2) is 17.2 Å². The van der Waals surface area contributed by atoms with Gasteiger partial charge in [0.1, 0.15) is 0 Å². The van der Waals surface area contributed by atoms with Crippen LogP contribution in [0.4, 0.5) is 0 Å². The number of carbonyl (C=O) groups is 1.